The highest BCUT2D eigenvalue weighted by Gasteiger charge is 2.20. The summed E-state index contributed by atoms with van der Waals surface area (Å²) >= 11 is 1.82. The zero-order valence-electron chi connectivity index (χ0n) is 16.7. The lowest BCUT2D eigenvalue weighted by Crippen LogP contribution is -2.39. The molecule has 1 aliphatic heterocycles. The highest BCUT2D eigenvalue weighted by atomic mass is 32.1. The molecule has 1 aliphatic rings. The van der Waals surface area contributed by atoms with Crippen molar-refractivity contribution in [2.45, 2.75) is 39.2 Å². The fourth-order valence-electron chi connectivity index (χ4n) is 3.35. The molecule has 0 radical (unpaired) electrons. The summed E-state index contributed by atoms with van der Waals surface area (Å²) in [7, 11) is 0. The standard InChI is InChI=1S/C22H31N3O2S/c1-2-3-14-27-20-8-6-19(7-9-20)24-22(26)23-16-18-10-12-25(13-11-18)17-21-5-4-15-28-21/h4-9,15,18H,2-3,10-14,16-17H2,1H3,(H2,23,24,26). The molecule has 0 saturated carbocycles. The quantitative estimate of drug-likeness (QED) is 0.584. The van der Waals surface area contributed by atoms with Crippen LogP contribution in [0.5, 0.6) is 5.75 Å². The van der Waals surface area contributed by atoms with Crippen LogP contribution in [0.3, 0.4) is 0 Å². The number of anilines is 1. The van der Waals surface area contributed by atoms with Gasteiger partial charge in [0.15, 0.2) is 0 Å². The van der Waals surface area contributed by atoms with E-state index in [1.165, 1.54) is 4.88 Å². The number of carbonyl (C=O) groups is 1. The largest absolute Gasteiger partial charge is 0.494 e. The van der Waals surface area contributed by atoms with Crippen molar-refractivity contribution < 1.29 is 9.53 Å². The summed E-state index contributed by atoms with van der Waals surface area (Å²) < 4.78 is 5.64. The molecule has 0 unspecified atom stereocenters. The maximum atomic E-state index is 12.2. The maximum Gasteiger partial charge on any atom is 0.319 e. The molecule has 2 N–H and O–H groups in total. The fourth-order valence-corrected chi connectivity index (χ4v) is 4.10. The van der Waals surface area contributed by atoms with Crippen LogP contribution in [0.15, 0.2) is 41.8 Å². The van der Waals surface area contributed by atoms with Gasteiger partial charge in [-0.25, -0.2) is 4.79 Å². The van der Waals surface area contributed by atoms with E-state index in [4.69, 9.17) is 4.74 Å². The van der Waals surface area contributed by atoms with Gasteiger partial charge in [-0.05, 0) is 74.0 Å². The molecule has 0 atom stereocenters. The normalized spacial score (nSPS) is 15.3. The Morgan fingerprint density at radius 1 is 1.21 bits per heavy atom. The van der Waals surface area contributed by atoms with Crippen LogP contribution >= 0.6 is 11.3 Å². The summed E-state index contributed by atoms with van der Waals surface area (Å²) in [4.78, 5) is 16.1. The maximum absolute atomic E-state index is 12.2. The van der Waals surface area contributed by atoms with Crippen LogP contribution in [0, 0.1) is 5.92 Å². The van der Waals surface area contributed by atoms with E-state index in [0.29, 0.717) is 5.92 Å². The summed E-state index contributed by atoms with van der Waals surface area (Å²) in [5.74, 6) is 1.40. The highest BCUT2D eigenvalue weighted by Crippen LogP contribution is 2.20. The first kappa shape index (κ1) is 20.7. The number of piperidine rings is 1. The lowest BCUT2D eigenvalue weighted by Gasteiger charge is -2.31. The minimum atomic E-state index is -0.138. The Hall–Kier alpha value is -2.05. The zero-order chi connectivity index (χ0) is 19.6. The van der Waals surface area contributed by atoms with E-state index < -0.39 is 0 Å². The molecule has 1 aromatic heterocycles. The van der Waals surface area contributed by atoms with Gasteiger partial charge in [0.1, 0.15) is 5.75 Å². The van der Waals surface area contributed by atoms with Gasteiger partial charge < -0.3 is 15.4 Å². The second kappa shape index (κ2) is 11.1. The van der Waals surface area contributed by atoms with Gasteiger partial charge in [-0.3, -0.25) is 4.90 Å². The summed E-state index contributed by atoms with van der Waals surface area (Å²) in [5.41, 5.74) is 0.783. The predicted octanol–water partition coefficient (Wildman–Crippen LogP) is 4.96. The van der Waals surface area contributed by atoms with Crippen molar-refractivity contribution in [3.63, 3.8) is 0 Å². The molecule has 2 heterocycles. The summed E-state index contributed by atoms with van der Waals surface area (Å²) in [6.45, 7) is 6.86. The molecule has 0 spiro atoms. The number of thiophene rings is 1. The Balaban J connectivity index is 1.32. The van der Waals surface area contributed by atoms with Gasteiger partial charge in [0.25, 0.3) is 0 Å². The second-order valence-electron chi connectivity index (χ2n) is 7.36. The van der Waals surface area contributed by atoms with Crippen molar-refractivity contribution in [1.82, 2.24) is 10.2 Å². The number of carbonyl (C=O) groups excluding carboxylic acids is 1. The Morgan fingerprint density at radius 3 is 2.68 bits per heavy atom. The molecule has 0 bridgehead atoms. The Bertz CT molecular complexity index is 695. The van der Waals surface area contributed by atoms with Crippen molar-refractivity contribution >= 4 is 23.1 Å². The molecule has 5 nitrogen and oxygen atoms in total. The predicted molar refractivity (Wildman–Crippen MR) is 116 cm³/mol. The first-order chi connectivity index (χ1) is 13.7. The lowest BCUT2D eigenvalue weighted by atomic mass is 9.97. The third-order valence-corrected chi connectivity index (χ3v) is 5.96. The number of nitrogens with one attached hydrogen (secondary N) is 2. The number of nitrogens with zero attached hydrogens (tertiary/aromatic N) is 1. The van der Waals surface area contributed by atoms with Crippen molar-refractivity contribution in [3.05, 3.63) is 46.7 Å². The van der Waals surface area contributed by atoms with Crippen molar-refractivity contribution in [3.8, 4) is 5.75 Å². The molecule has 2 aromatic rings. The van der Waals surface area contributed by atoms with Gasteiger partial charge in [-0.15, -0.1) is 11.3 Å². The van der Waals surface area contributed by atoms with E-state index in [1.54, 1.807) is 0 Å². The minimum Gasteiger partial charge on any atom is -0.494 e. The molecular formula is C22H31N3O2S. The fraction of sp³-hybridized carbons (Fsp3) is 0.500. The molecule has 2 amide bonds. The van der Waals surface area contributed by atoms with Crippen LogP contribution in [0.4, 0.5) is 10.5 Å². The molecule has 1 aromatic carbocycles. The number of hydrogen-bond donors (Lipinski definition) is 2. The second-order valence-corrected chi connectivity index (χ2v) is 8.39. The Morgan fingerprint density at radius 2 is 2.00 bits per heavy atom. The van der Waals surface area contributed by atoms with Crippen LogP contribution in [0.2, 0.25) is 0 Å². The van der Waals surface area contributed by atoms with Crippen LogP contribution in [-0.2, 0) is 6.54 Å². The smallest absolute Gasteiger partial charge is 0.319 e. The van der Waals surface area contributed by atoms with Crippen molar-refractivity contribution in [2.75, 3.05) is 31.6 Å². The van der Waals surface area contributed by atoms with Crippen LogP contribution in [0.1, 0.15) is 37.5 Å². The van der Waals surface area contributed by atoms with Gasteiger partial charge in [0.2, 0.25) is 0 Å². The van der Waals surface area contributed by atoms with E-state index >= 15 is 0 Å². The van der Waals surface area contributed by atoms with Crippen LogP contribution < -0.4 is 15.4 Å². The number of hydrogen-bond acceptors (Lipinski definition) is 4. The molecule has 3 rings (SSSR count). The molecule has 28 heavy (non-hydrogen) atoms. The number of likely N-dealkylation sites (tertiary alicyclic amines) is 1. The molecule has 1 fully saturated rings. The average molecular weight is 402 g/mol. The number of amides is 2. The van der Waals surface area contributed by atoms with Crippen molar-refractivity contribution in [1.29, 1.82) is 0 Å². The van der Waals surface area contributed by atoms with E-state index in [1.807, 2.05) is 35.6 Å². The topological polar surface area (TPSA) is 53.6 Å². The molecule has 0 aliphatic carbocycles. The number of ether oxygens (including phenoxy) is 1. The SMILES string of the molecule is CCCCOc1ccc(NC(=O)NCC2CCN(Cc3cccs3)CC2)cc1. The molecule has 1 saturated heterocycles. The molecule has 6 heteroatoms. The highest BCUT2D eigenvalue weighted by molar-refractivity contribution is 7.09. The van der Waals surface area contributed by atoms with Crippen LogP contribution in [0.25, 0.3) is 0 Å². The number of urea groups is 1. The lowest BCUT2D eigenvalue weighted by molar-refractivity contribution is 0.177. The first-order valence-corrected chi connectivity index (χ1v) is 11.1. The van der Waals surface area contributed by atoms with Crippen LogP contribution in [-0.4, -0.2) is 37.2 Å². The van der Waals surface area contributed by atoms with E-state index in [0.717, 1.165) is 69.9 Å². The van der Waals surface area contributed by atoms with E-state index in [2.05, 4.69) is 40.0 Å². The number of unbranched alkanes of at least 4 members (excludes halogenated alkanes) is 1. The molecule has 152 valence electrons. The number of rotatable bonds is 9. The van der Waals surface area contributed by atoms with Crippen molar-refractivity contribution in [2.24, 2.45) is 5.92 Å². The van der Waals surface area contributed by atoms with Gasteiger partial charge in [0, 0.05) is 23.7 Å². The zero-order valence-corrected chi connectivity index (χ0v) is 17.5. The van der Waals surface area contributed by atoms with E-state index in [9.17, 15) is 4.79 Å². The summed E-state index contributed by atoms with van der Waals surface area (Å²) in [6.07, 6.45) is 4.44. The monoisotopic (exact) mass is 401 g/mol. The average Bonchev–Trinajstić information content (AvgIpc) is 3.22. The summed E-state index contributed by atoms with van der Waals surface area (Å²) in [5, 5.41) is 8.06. The third-order valence-electron chi connectivity index (χ3n) is 5.10. The Kier molecular flexibility index (Phi) is 8.18. The van der Waals surface area contributed by atoms with E-state index in [-0.39, 0.29) is 6.03 Å². The van der Waals surface area contributed by atoms with Gasteiger partial charge in [0.05, 0.1) is 6.61 Å². The van der Waals surface area contributed by atoms with Gasteiger partial charge in [-0.2, -0.15) is 0 Å². The molecular weight excluding hydrogens is 370 g/mol. The third kappa shape index (κ3) is 6.84. The van der Waals surface area contributed by atoms with Gasteiger partial charge >= 0.3 is 6.03 Å². The Labute approximate surface area is 172 Å². The van der Waals surface area contributed by atoms with Gasteiger partial charge in [-0.1, -0.05) is 19.4 Å². The first-order valence-electron chi connectivity index (χ1n) is 10.3. The number of benzene rings is 1. The minimum absolute atomic E-state index is 0.138. The summed E-state index contributed by atoms with van der Waals surface area (Å²) in [6, 6.07) is 11.7.